The van der Waals surface area contributed by atoms with Gasteiger partial charge in [-0.25, -0.2) is 4.98 Å². The summed E-state index contributed by atoms with van der Waals surface area (Å²) in [5.41, 5.74) is 9.13. The van der Waals surface area contributed by atoms with Gasteiger partial charge in [-0.05, 0) is 53.5 Å². The fraction of sp³-hybridized carbons (Fsp3) is 0.0889. The van der Waals surface area contributed by atoms with Crippen LogP contribution in [0.5, 0.6) is 0 Å². The molecule has 0 amide bonds. The number of benzene rings is 5. The quantitative estimate of drug-likeness (QED) is 0.171. The Morgan fingerprint density at radius 3 is 2.15 bits per heavy atom. The van der Waals surface area contributed by atoms with Gasteiger partial charge in [-0.3, -0.25) is 0 Å². The maximum absolute atomic E-state index is 5.31. The highest BCUT2D eigenvalue weighted by atomic mass is 15.1. The average Bonchev–Trinajstić information content (AvgIpc) is 3.60. The number of fused-ring (bicyclic) bond motifs is 6. The van der Waals surface area contributed by atoms with Crippen molar-refractivity contribution < 1.29 is 0 Å². The molecule has 3 nitrogen and oxygen atoms in total. The van der Waals surface area contributed by atoms with E-state index in [1.54, 1.807) is 0 Å². The molecule has 0 saturated carbocycles. The second-order valence-corrected chi connectivity index (χ2v) is 12.6. The van der Waals surface area contributed by atoms with Gasteiger partial charge in [-0.15, -0.1) is 0 Å². The third-order valence-corrected chi connectivity index (χ3v) is 10.1. The molecule has 1 aliphatic heterocycles. The number of aromatic nitrogens is 3. The zero-order valence-electron chi connectivity index (χ0n) is 26.9. The van der Waals surface area contributed by atoms with Gasteiger partial charge in [0.1, 0.15) is 5.82 Å². The van der Waals surface area contributed by atoms with E-state index in [2.05, 4.69) is 185 Å². The number of nitrogens with zero attached hydrogens (tertiary/aromatic N) is 3. The highest BCUT2D eigenvalue weighted by Gasteiger charge is 2.45. The van der Waals surface area contributed by atoms with Crippen LogP contribution in [-0.4, -0.2) is 14.1 Å². The zero-order chi connectivity index (χ0) is 32.1. The van der Waals surface area contributed by atoms with E-state index in [9.17, 15) is 0 Å². The van der Waals surface area contributed by atoms with Crippen LogP contribution in [0.3, 0.4) is 0 Å². The van der Waals surface area contributed by atoms with Crippen LogP contribution < -0.4 is 10.6 Å². The number of hydrogen-bond acceptors (Lipinski definition) is 1. The predicted molar refractivity (Wildman–Crippen MR) is 199 cm³/mol. The normalized spacial score (nSPS) is 16.4. The van der Waals surface area contributed by atoms with Gasteiger partial charge in [-0.2, -0.15) is 0 Å². The SMILES string of the molecule is C/C=C\C=C/Cn1c(C2C=CC3=c4c(c5ccccc5n4-c4ccccc4C3(c3ccccc3)c3ccccc3)=C2)nc2ccccc21. The number of rotatable bonds is 6. The lowest BCUT2D eigenvalue weighted by Gasteiger charge is -2.41. The molecule has 5 aromatic carbocycles. The fourth-order valence-corrected chi connectivity index (χ4v) is 8.12. The highest BCUT2D eigenvalue weighted by Crippen LogP contribution is 2.50. The van der Waals surface area contributed by atoms with Crippen LogP contribution in [0.15, 0.2) is 170 Å². The van der Waals surface area contributed by atoms with Crippen LogP contribution >= 0.6 is 0 Å². The first-order chi connectivity index (χ1) is 23.8. The van der Waals surface area contributed by atoms with Crippen molar-refractivity contribution in [1.82, 2.24) is 14.1 Å². The Bertz CT molecular complexity index is 2500. The molecule has 7 aromatic rings. The molecule has 3 heterocycles. The van der Waals surface area contributed by atoms with Crippen molar-refractivity contribution in [3.8, 4) is 5.69 Å². The summed E-state index contributed by atoms with van der Waals surface area (Å²) < 4.78 is 4.88. The Morgan fingerprint density at radius 1 is 0.708 bits per heavy atom. The molecule has 1 unspecified atom stereocenters. The number of para-hydroxylation sites is 4. The van der Waals surface area contributed by atoms with E-state index >= 15 is 0 Å². The molecule has 1 aliphatic carbocycles. The van der Waals surface area contributed by atoms with Crippen molar-refractivity contribution >= 4 is 33.6 Å². The number of imidazole rings is 1. The van der Waals surface area contributed by atoms with Crippen LogP contribution in [0.25, 0.3) is 39.3 Å². The first-order valence-corrected chi connectivity index (χ1v) is 16.8. The van der Waals surface area contributed by atoms with Gasteiger partial charge in [0.15, 0.2) is 0 Å². The van der Waals surface area contributed by atoms with Crippen molar-refractivity contribution in [2.75, 3.05) is 0 Å². The molecule has 2 aliphatic rings. The predicted octanol–water partition coefficient (Wildman–Crippen LogP) is 8.75. The maximum Gasteiger partial charge on any atom is 0.121 e. The maximum atomic E-state index is 5.31. The van der Waals surface area contributed by atoms with Gasteiger partial charge in [0.05, 0.1) is 38.9 Å². The molecule has 48 heavy (non-hydrogen) atoms. The second kappa shape index (κ2) is 11.4. The fourth-order valence-electron chi connectivity index (χ4n) is 8.12. The summed E-state index contributed by atoms with van der Waals surface area (Å²) in [6.07, 6.45) is 15.7. The molecule has 9 rings (SSSR count). The van der Waals surface area contributed by atoms with Crippen LogP contribution in [0.2, 0.25) is 0 Å². The smallest absolute Gasteiger partial charge is 0.121 e. The molecule has 0 bridgehead atoms. The van der Waals surface area contributed by atoms with Crippen LogP contribution in [0, 0.1) is 0 Å². The van der Waals surface area contributed by atoms with Gasteiger partial charge in [0, 0.05) is 17.1 Å². The van der Waals surface area contributed by atoms with Gasteiger partial charge in [0.25, 0.3) is 0 Å². The summed E-state index contributed by atoms with van der Waals surface area (Å²) in [7, 11) is 0. The van der Waals surface area contributed by atoms with E-state index in [0.29, 0.717) is 0 Å². The largest absolute Gasteiger partial charge is 0.323 e. The molecule has 230 valence electrons. The highest BCUT2D eigenvalue weighted by molar-refractivity contribution is 5.92. The van der Waals surface area contributed by atoms with E-state index in [1.165, 1.54) is 49.4 Å². The third-order valence-electron chi connectivity index (χ3n) is 10.1. The molecule has 0 saturated heterocycles. The van der Waals surface area contributed by atoms with Gasteiger partial charge in [-0.1, -0.05) is 152 Å². The summed E-state index contributed by atoms with van der Waals surface area (Å²) in [6.45, 7) is 2.79. The van der Waals surface area contributed by atoms with Crippen LogP contribution in [-0.2, 0) is 12.0 Å². The van der Waals surface area contributed by atoms with Crippen molar-refractivity contribution in [2.24, 2.45) is 0 Å². The van der Waals surface area contributed by atoms with Crippen molar-refractivity contribution in [3.05, 3.63) is 203 Å². The lowest BCUT2D eigenvalue weighted by molar-refractivity contribution is 0.758. The summed E-state index contributed by atoms with van der Waals surface area (Å²) in [6, 6.07) is 48.5. The minimum atomic E-state index is -0.535. The molecule has 3 heteroatoms. The first-order valence-electron chi connectivity index (χ1n) is 16.8. The Balaban J connectivity index is 1.41. The summed E-state index contributed by atoms with van der Waals surface area (Å²) in [5, 5.41) is 3.75. The summed E-state index contributed by atoms with van der Waals surface area (Å²) >= 11 is 0. The summed E-state index contributed by atoms with van der Waals surface area (Å²) in [5.74, 6) is 0.997. The molecule has 0 N–H and O–H groups in total. The Morgan fingerprint density at radius 2 is 1.38 bits per heavy atom. The molecular weight excluding hydrogens is 583 g/mol. The van der Waals surface area contributed by atoms with Crippen LogP contribution in [0.1, 0.15) is 35.4 Å². The number of hydrogen-bond donors (Lipinski definition) is 0. The topological polar surface area (TPSA) is 22.8 Å². The molecular formula is C45H35N3. The zero-order valence-corrected chi connectivity index (χ0v) is 26.9. The average molecular weight is 618 g/mol. The Kier molecular flexibility index (Phi) is 6.72. The van der Waals surface area contributed by atoms with Gasteiger partial charge in [0.2, 0.25) is 0 Å². The molecule has 1 atom stereocenters. The minimum absolute atomic E-state index is 0.0477. The molecule has 0 radical (unpaired) electrons. The van der Waals surface area contributed by atoms with E-state index in [-0.39, 0.29) is 5.92 Å². The van der Waals surface area contributed by atoms with E-state index < -0.39 is 5.41 Å². The number of allylic oxidation sites excluding steroid dienone is 6. The first kappa shape index (κ1) is 28.3. The summed E-state index contributed by atoms with van der Waals surface area (Å²) in [4.78, 5) is 5.31. The van der Waals surface area contributed by atoms with E-state index in [0.717, 1.165) is 23.4 Å². The Labute approximate surface area is 280 Å². The third kappa shape index (κ3) is 4.10. The lowest BCUT2D eigenvalue weighted by atomic mass is 9.63. The Hall–Kier alpha value is -5.93. The minimum Gasteiger partial charge on any atom is -0.323 e. The van der Waals surface area contributed by atoms with Crippen LogP contribution in [0.4, 0.5) is 0 Å². The van der Waals surface area contributed by atoms with E-state index in [1.807, 2.05) is 6.92 Å². The van der Waals surface area contributed by atoms with Gasteiger partial charge >= 0.3 is 0 Å². The molecule has 0 fully saturated rings. The van der Waals surface area contributed by atoms with Gasteiger partial charge < -0.3 is 9.13 Å². The second-order valence-electron chi connectivity index (χ2n) is 12.6. The molecule has 2 aromatic heterocycles. The lowest BCUT2D eigenvalue weighted by Crippen LogP contribution is -2.45. The van der Waals surface area contributed by atoms with Crippen molar-refractivity contribution in [1.29, 1.82) is 0 Å². The van der Waals surface area contributed by atoms with Crippen molar-refractivity contribution in [2.45, 2.75) is 24.8 Å². The van der Waals surface area contributed by atoms with Crippen molar-refractivity contribution in [3.63, 3.8) is 0 Å². The monoisotopic (exact) mass is 617 g/mol. The standard InChI is InChI=1S/C45H35N3/c1-2-3-4-17-30-47-42-27-16-13-24-39(42)46-44(47)32-28-29-38-43-36(31-32)35-22-11-14-25-40(35)48(43)41-26-15-12-23-37(41)45(38,33-18-7-5-8-19-33)34-20-9-6-10-21-34/h2-29,31-32H,30H2,1H3/b3-2-,17-4-. The van der Waals surface area contributed by atoms with E-state index in [4.69, 9.17) is 4.98 Å². The molecule has 0 spiro atoms.